The van der Waals surface area contributed by atoms with Crippen LogP contribution in [0.25, 0.3) is 0 Å². The predicted octanol–water partition coefficient (Wildman–Crippen LogP) is 4.58. The van der Waals surface area contributed by atoms with Crippen molar-refractivity contribution in [3.63, 3.8) is 0 Å². The molecular formula is C23H27ClN4O2. The molecule has 158 valence electrons. The normalized spacial score (nSPS) is 17.5. The van der Waals surface area contributed by atoms with Gasteiger partial charge in [0.05, 0.1) is 10.7 Å². The highest BCUT2D eigenvalue weighted by Crippen LogP contribution is 2.25. The van der Waals surface area contributed by atoms with E-state index in [1.807, 2.05) is 65.3 Å². The van der Waals surface area contributed by atoms with Crippen LogP contribution in [0.4, 0.5) is 15.3 Å². The fourth-order valence-electron chi connectivity index (χ4n) is 4.19. The Morgan fingerprint density at radius 2 is 1.80 bits per heavy atom. The molecule has 2 fully saturated rings. The number of rotatable bonds is 4. The average molecular weight is 427 g/mol. The Kier molecular flexibility index (Phi) is 6.13. The average Bonchev–Trinajstić information content (AvgIpc) is 3.11. The van der Waals surface area contributed by atoms with E-state index in [9.17, 15) is 9.59 Å². The Bertz CT molecular complexity index is 913. The number of hydrogen-bond donors (Lipinski definition) is 1. The summed E-state index contributed by atoms with van der Waals surface area (Å²) < 4.78 is 0. The van der Waals surface area contributed by atoms with Crippen LogP contribution in [0.15, 0.2) is 48.5 Å². The molecule has 0 radical (unpaired) electrons. The SMILES string of the molecule is Cc1ccc(NC(=O)N2CCC(N3CCN(Cc4ccccc4)C3=O)CC2)c(Cl)c1. The zero-order valence-corrected chi connectivity index (χ0v) is 17.9. The van der Waals surface area contributed by atoms with Gasteiger partial charge in [0, 0.05) is 38.8 Å². The Labute approximate surface area is 182 Å². The largest absolute Gasteiger partial charge is 0.324 e. The summed E-state index contributed by atoms with van der Waals surface area (Å²) in [6.07, 6.45) is 1.58. The standard InChI is InChI=1S/C23H27ClN4O2/c1-17-7-8-21(20(24)15-17)25-22(29)26-11-9-19(10-12-26)28-14-13-27(23(28)30)16-18-5-3-2-4-6-18/h2-8,15,19H,9-14,16H2,1H3,(H,25,29). The molecule has 4 rings (SSSR count). The van der Waals surface area contributed by atoms with Crippen LogP contribution in [-0.2, 0) is 6.54 Å². The summed E-state index contributed by atoms with van der Waals surface area (Å²) in [7, 11) is 0. The van der Waals surface area contributed by atoms with Gasteiger partial charge in [0.25, 0.3) is 0 Å². The molecule has 0 saturated carbocycles. The van der Waals surface area contributed by atoms with E-state index in [0.29, 0.717) is 30.3 Å². The van der Waals surface area contributed by atoms with Crippen molar-refractivity contribution >= 4 is 29.4 Å². The summed E-state index contributed by atoms with van der Waals surface area (Å²) in [4.78, 5) is 31.2. The van der Waals surface area contributed by atoms with Crippen LogP contribution >= 0.6 is 11.6 Å². The van der Waals surface area contributed by atoms with Gasteiger partial charge in [-0.05, 0) is 43.0 Å². The van der Waals surface area contributed by atoms with Gasteiger partial charge in [0.2, 0.25) is 0 Å². The molecular weight excluding hydrogens is 400 g/mol. The van der Waals surface area contributed by atoms with Gasteiger partial charge >= 0.3 is 12.1 Å². The number of amides is 4. The number of halogens is 1. The first kappa shape index (κ1) is 20.5. The third-order valence-corrected chi connectivity index (χ3v) is 6.21. The fraction of sp³-hybridized carbons (Fsp3) is 0.391. The van der Waals surface area contributed by atoms with Crippen LogP contribution in [0.2, 0.25) is 5.02 Å². The number of anilines is 1. The summed E-state index contributed by atoms with van der Waals surface area (Å²) in [5.41, 5.74) is 2.82. The van der Waals surface area contributed by atoms with Gasteiger partial charge in [0.1, 0.15) is 0 Å². The summed E-state index contributed by atoms with van der Waals surface area (Å²) >= 11 is 6.23. The van der Waals surface area contributed by atoms with Gasteiger partial charge in [-0.3, -0.25) is 0 Å². The quantitative estimate of drug-likeness (QED) is 0.777. The van der Waals surface area contributed by atoms with E-state index in [1.165, 1.54) is 0 Å². The second-order valence-corrected chi connectivity index (χ2v) is 8.42. The van der Waals surface area contributed by atoms with Gasteiger partial charge in [-0.1, -0.05) is 48.0 Å². The topological polar surface area (TPSA) is 55.9 Å². The minimum Gasteiger partial charge on any atom is -0.324 e. The molecule has 0 aliphatic carbocycles. The fourth-order valence-corrected chi connectivity index (χ4v) is 4.47. The van der Waals surface area contributed by atoms with Crippen LogP contribution in [0.5, 0.6) is 0 Å². The van der Waals surface area contributed by atoms with E-state index < -0.39 is 0 Å². The van der Waals surface area contributed by atoms with Gasteiger partial charge in [-0.25, -0.2) is 9.59 Å². The molecule has 2 aromatic carbocycles. The Balaban J connectivity index is 1.29. The molecule has 0 bridgehead atoms. The highest BCUT2D eigenvalue weighted by atomic mass is 35.5. The first-order chi connectivity index (χ1) is 14.5. The third-order valence-electron chi connectivity index (χ3n) is 5.90. The molecule has 2 aliphatic rings. The summed E-state index contributed by atoms with van der Waals surface area (Å²) in [6.45, 7) is 5.37. The van der Waals surface area contributed by atoms with Crippen molar-refractivity contribution in [1.29, 1.82) is 0 Å². The van der Waals surface area contributed by atoms with E-state index >= 15 is 0 Å². The second kappa shape index (κ2) is 8.96. The molecule has 1 N–H and O–H groups in total. The van der Waals surface area contributed by atoms with Gasteiger partial charge < -0.3 is 20.0 Å². The zero-order valence-electron chi connectivity index (χ0n) is 17.2. The van der Waals surface area contributed by atoms with Crippen molar-refractivity contribution < 1.29 is 9.59 Å². The van der Waals surface area contributed by atoms with E-state index in [4.69, 9.17) is 11.6 Å². The second-order valence-electron chi connectivity index (χ2n) is 8.01. The molecule has 4 amide bonds. The molecule has 7 heteroatoms. The van der Waals surface area contributed by atoms with E-state index in [-0.39, 0.29) is 18.1 Å². The number of piperidine rings is 1. The van der Waals surface area contributed by atoms with E-state index in [1.54, 1.807) is 4.90 Å². The number of aryl methyl sites for hydroxylation is 1. The minimum absolute atomic E-state index is 0.105. The highest BCUT2D eigenvalue weighted by molar-refractivity contribution is 6.33. The monoisotopic (exact) mass is 426 g/mol. The van der Waals surface area contributed by atoms with Crippen molar-refractivity contribution in [3.8, 4) is 0 Å². The lowest BCUT2D eigenvalue weighted by molar-refractivity contribution is 0.139. The number of benzene rings is 2. The molecule has 2 aromatic rings. The Hall–Kier alpha value is -2.73. The van der Waals surface area contributed by atoms with Crippen molar-refractivity contribution in [2.24, 2.45) is 0 Å². The number of carbonyl (C=O) groups is 2. The van der Waals surface area contributed by atoms with Crippen LogP contribution in [0.1, 0.15) is 24.0 Å². The zero-order chi connectivity index (χ0) is 21.1. The van der Waals surface area contributed by atoms with E-state index in [2.05, 4.69) is 5.32 Å². The van der Waals surface area contributed by atoms with Gasteiger partial charge in [-0.15, -0.1) is 0 Å². The molecule has 0 atom stereocenters. The third kappa shape index (κ3) is 4.54. The minimum atomic E-state index is -0.141. The maximum absolute atomic E-state index is 12.9. The van der Waals surface area contributed by atoms with Gasteiger partial charge in [-0.2, -0.15) is 0 Å². The number of likely N-dealkylation sites (tertiary alicyclic amines) is 1. The summed E-state index contributed by atoms with van der Waals surface area (Å²) in [6, 6.07) is 15.8. The molecule has 0 spiro atoms. The first-order valence-corrected chi connectivity index (χ1v) is 10.8. The number of hydrogen-bond acceptors (Lipinski definition) is 2. The molecule has 2 heterocycles. The predicted molar refractivity (Wildman–Crippen MR) is 119 cm³/mol. The van der Waals surface area contributed by atoms with Crippen LogP contribution < -0.4 is 5.32 Å². The molecule has 0 aromatic heterocycles. The maximum atomic E-state index is 12.9. The molecule has 2 saturated heterocycles. The summed E-state index contributed by atoms with van der Waals surface area (Å²) in [5, 5.41) is 3.44. The smallest absolute Gasteiger partial charge is 0.321 e. The Morgan fingerprint density at radius 3 is 2.50 bits per heavy atom. The summed E-state index contributed by atoms with van der Waals surface area (Å²) in [5.74, 6) is 0. The van der Waals surface area contributed by atoms with Crippen LogP contribution in [0.3, 0.4) is 0 Å². The van der Waals surface area contributed by atoms with Crippen LogP contribution in [0, 0.1) is 6.92 Å². The van der Waals surface area contributed by atoms with Gasteiger partial charge in [0.15, 0.2) is 0 Å². The van der Waals surface area contributed by atoms with Crippen molar-refractivity contribution in [1.82, 2.24) is 14.7 Å². The van der Waals surface area contributed by atoms with E-state index in [0.717, 1.165) is 37.1 Å². The van der Waals surface area contributed by atoms with Crippen molar-refractivity contribution in [2.45, 2.75) is 32.4 Å². The van der Waals surface area contributed by atoms with Crippen molar-refractivity contribution in [2.75, 3.05) is 31.5 Å². The number of carbonyl (C=O) groups excluding carboxylic acids is 2. The molecule has 30 heavy (non-hydrogen) atoms. The lowest BCUT2D eigenvalue weighted by Crippen LogP contribution is -2.49. The number of urea groups is 2. The Morgan fingerprint density at radius 1 is 1.07 bits per heavy atom. The maximum Gasteiger partial charge on any atom is 0.321 e. The lowest BCUT2D eigenvalue weighted by Gasteiger charge is -2.36. The molecule has 2 aliphatic heterocycles. The number of nitrogens with zero attached hydrogens (tertiary/aromatic N) is 3. The van der Waals surface area contributed by atoms with Crippen molar-refractivity contribution in [3.05, 3.63) is 64.7 Å². The number of nitrogens with one attached hydrogen (secondary N) is 1. The highest BCUT2D eigenvalue weighted by Gasteiger charge is 2.36. The first-order valence-electron chi connectivity index (χ1n) is 10.4. The molecule has 0 unspecified atom stereocenters. The van der Waals surface area contributed by atoms with Crippen LogP contribution in [-0.4, -0.2) is 59.0 Å². The molecule has 6 nitrogen and oxygen atoms in total. The lowest BCUT2D eigenvalue weighted by atomic mass is 10.0.